The van der Waals surface area contributed by atoms with Gasteiger partial charge in [0.25, 0.3) is 0 Å². The number of carbonyl (C=O) groups is 1. The summed E-state index contributed by atoms with van der Waals surface area (Å²) >= 11 is 0. The maximum Gasteiger partial charge on any atom is 0.358 e. The molecule has 0 bridgehead atoms. The van der Waals surface area contributed by atoms with Crippen LogP contribution in [0.3, 0.4) is 0 Å². The van der Waals surface area contributed by atoms with Gasteiger partial charge in [-0.1, -0.05) is 6.07 Å². The molecule has 0 unspecified atom stereocenters. The van der Waals surface area contributed by atoms with Crippen LogP contribution in [0.4, 0.5) is 5.69 Å². The third-order valence-electron chi connectivity index (χ3n) is 2.60. The first-order chi connectivity index (χ1) is 9.70. The maximum absolute atomic E-state index is 11.7. The number of carbonyl (C=O) groups excluding carboxylic acids is 1. The molecule has 1 heterocycles. The van der Waals surface area contributed by atoms with Crippen molar-refractivity contribution in [2.75, 3.05) is 12.3 Å². The van der Waals surface area contributed by atoms with Gasteiger partial charge in [-0.25, -0.2) is 9.48 Å². The highest BCUT2D eigenvalue weighted by atomic mass is 16.5. The number of hydrogen-bond donors (Lipinski definition) is 1. The zero-order valence-corrected chi connectivity index (χ0v) is 10.8. The Morgan fingerprint density at radius 2 is 2.30 bits per heavy atom. The molecule has 0 atom stereocenters. The maximum atomic E-state index is 11.7. The lowest BCUT2D eigenvalue weighted by atomic mass is 10.3. The Kier molecular flexibility index (Phi) is 4.35. The van der Waals surface area contributed by atoms with Crippen LogP contribution in [0.5, 0.6) is 0 Å². The van der Waals surface area contributed by atoms with E-state index in [9.17, 15) is 4.79 Å². The zero-order chi connectivity index (χ0) is 14.4. The number of aromatic nitrogens is 2. The highest BCUT2D eigenvalue weighted by Crippen LogP contribution is 2.12. The van der Waals surface area contributed by atoms with Crippen LogP contribution in [0.2, 0.25) is 0 Å². The standard InChI is InChI=1S/C14H14N4O2/c15-7-1-2-9-20-14(19)13-6-8-18(17-13)12-5-3-4-11(16)10-12/h3-6,8,10H,1-2,9,16H2. The van der Waals surface area contributed by atoms with Crippen LogP contribution < -0.4 is 5.73 Å². The topological polar surface area (TPSA) is 93.9 Å². The lowest BCUT2D eigenvalue weighted by Crippen LogP contribution is -2.08. The number of benzene rings is 1. The lowest BCUT2D eigenvalue weighted by molar-refractivity contribution is 0.0494. The normalized spacial score (nSPS) is 9.95. The van der Waals surface area contributed by atoms with Crippen LogP contribution in [-0.4, -0.2) is 22.4 Å². The summed E-state index contributed by atoms with van der Waals surface area (Å²) in [5, 5.41) is 12.5. The molecule has 0 saturated carbocycles. The van der Waals surface area contributed by atoms with Crippen molar-refractivity contribution in [3.05, 3.63) is 42.2 Å². The average Bonchev–Trinajstić information content (AvgIpc) is 2.93. The summed E-state index contributed by atoms with van der Waals surface area (Å²) in [7, 11) is 0. The minimum atomic E-state index is -0.495. The van der Waals surface area contributed by atoms with Crippen molar-refractivity contribution in [1.82, 2.24) is 9.78 Å². The second kappa shape index (κ2) is 6.38. The molecule has 102 valence electrons. The minimum absolute atomic E-state index is 0.220. The highest BCUT2D eigenvalue weighted by molar-refractivity contribution is 5.87. The second-order valence-corrected chi connectivity index (χ2v) is 4.14. The third-order valence-corrected chi connectivity index (χ3v) is 2.60. The smallest absolute Gasteiger partial charge is 0.358 e. The molecule has 0 aliphatic heterocycles. The van der Waals surface area contributed by atoms with Crippen molar-refractivity contribution < 1.29 is 9.53 Å². The van der Waals surface area contributed by atoms with Crippen LogP contribution in [0.25, 0.3) is 5.69 Å². The Morgan fingerprint density at radius 1 is 1.45 bits per heavy atom. The van der Waals surface area contributed by atoms with Crippen LogP contribution in [0.15, 0.2) is 36.5 Å². The van der Waals surface area contributed by atoms with Gasteiger partial charge in [-0.3, -0.25) is 0 Å². The fourth-order valence-corrected chi connectivity index (χ4v) is 1.63. The van der Waals surface area contributed by atoms with E-state index in [1.807, 2.05) is 18.2 Å². The summed E-state index contributed by atoms with van der Waals surface area (Å²) in [6.45, 7) is 0.220. The first kappa shape index (κ1) is 13.6. The van der Waals surface area contributed by atoms with Gasteiger partial charge < -0.3 is 10.5 Å². The molecule has 0 amide bonds. The molecule has 2 N–H and O–H groups in total. The molecule has 1 aromatic carbocycles. The van der Waals surface area contributed by atoms with Crippen molar-refractivity contribution in [3.63, 3.8) is 0 Å². The average molecular weight is 270 g/mol. The molecule has 20 heavy (non-hydrogen) atoms. The summed E-state index contributed by atoms with van der Waals surface area (Å²) < 4.78 is 6.57. The Bertz CT molecular complexity index is 643. The van der Waals surface area contributed by atoms with E-state index < -0.39 is 5.97 Å². The minimum Gasteiger partial charge on any atom is -0.461 e. The zero-order valence-electron chi connectivity index (χ0n) is 10.8. The van der Waals surface area contributed by atoms with E-state index in [-0.39, 0.29) is 12.3 Å². The number of rotatable bonds is 5. The lowest BCUT2D eigenvalue weighted by Gasteiger charge is -2.02. The van der Waals surface area contributed by atoms with E-state index in [0.29, 0.717) is 18.5 Å². The molecule has 6 heteroatoms. The van der Waals surface area contributed by atoms with Crippen LogP contribution >= 0.6 is 0 Å². The molecule has 0 radical (unpaired) electrons. The van der Waals surface area contributed by atoms with E-state index in [0.717, 1.165) is 5.69 Å². The predicted octanol–water partition coefficient (Wildman–Crippen LogP) is 1.92. The van der Waals surface area contributed by atoms with Crippen molar-refractivity contribution in [3.8, 4) is 11.8 Å². The molecule has 0 saturated heterocycles. The van der Waals surface area contributed by atoms with E-state index in [2.05, 4.69) is 5.10 Å². The van der Waals surface area contributed by atoms with Gasteiger partial charge in [-0.2, -0.15) is 10.4 Å². The number of ether oxygens (including phenoxy) is 1. The fourth-order valence-electron chi connectivity index (χ4n) is 1.63. The fraction of sp³-hybridized carbons (Fsp3) is 0.214. The monoisotopic (exact) mass is 270 g/mol. The molecule has 2 aromatic rings. The Morgan fingerprint density at radius 3 is 3.05 bits per heavy atom. The Balaban J connectivity index is 2.02. The van der Waals surface area contributed by atoms with Crippen molar-refractivity contribution in [2.24, 2.45) is 0 Å². The SMILES string of the molecule is N#CCCCOC(=O)c1ccn(-c2cccc(N)c2)n1. The summed E-state index contributed by atoms with van der Waals surface area (Å²) in [5.41, 5.74) is 7.32. The van der Waals surface area contributed by atoms with Gasteiger partial charge >= 0.3 is 5.97 Å². The quantitative estimate of drug-likeness (QED) is 0.509. The van der Waals surface area contributed by atoms with Crippen LogP contribution in [0.1, 0.15) is 23.3 Å². The molecule has 1 aromatic heterocycles. The first-order valence-corrected chi connectivity index (χ1v) is 6.16. The number of unbranched alkanes of at least 4 members (excludes halogenated alkanes) is 1. The molecular formula is C14H14N4O2. The highest BCUT2D eigenvalue weighted by Gasteiger charge is 2.11. The van der Waals surface area contributed by atoms with Gasteiger partial charge in [0.1, 0.15) is 0 Å². The Labute approximate surface area is 116 Å². The molecule has 0 spiro atoms. The molecule has 0 fully saturated rings. The predicted molar refractivity (Wildman–Crippen MR) is 73.1 cm³/mol. The number of esters is 1. The first-order valence-electron chi connectivity index (χ1n) is 6.16. The summed E-state index contributed by atoms with van der Waals surface area (Å²) in [5.74, 6) is -0.495. The molecule has 0 aliphatic carbocycles. The summed E-state index contributed by atoms with van der Waals surface area (Å²) in [4.78, 5) is 11.7. The van der Waals surface area contributed by atoms with Crippen molar-refractivity contribution in [1.29, 1.82) is 5.26 Å². The van der Waals surface area contributed by atoms with Gasteiger partial charge in [0.2, 0.25) is 0 Å². The number of hydrogen-bond acceptors (Lipinski definition) is 5. The summed E-state index contributed by atoms with van der Waals surface area (Å²) in [6, 6.07) is 10.8. The number of anilines is 1. The molecule has 2 rings (SSSR count). The number of nitrogen functional groups attached to an aromatic ring is 1. The molecule has 0 aliphatic rings. The van der Waals surface area contributed by atoms with Gasteiger partial charge in [-0.15, -0.1) is 0 Å². The van der Waals surface area contributed by atoms with Gasteiger partial charge in [0, 0.05) is 18.3 Å². The van der Waals surface area contributed by atoms with E-state index in [1.165, 1.54) is 0 Å². The molecule has 6 nitrogen and oxygen atoms in total. The number of nitrogens with zero attached hydrogens (tertiary/aromatic N) is 3. The van der Waals surface area contributed by atoms with Crippen molar-refractivity contribution >= 4 is 11.7 Å². The Hall–Kier alpha value is -2.81. The van der Waals surface area contributed by atoms with E-state index in [1.54, 1.807) is 29.1 Å². The van der Waals surface area contributed by atoms with E-state index in [4.69, 9.17) is 15.7 Å². The molecular weight excluding hydrogens is 256 g/mol. The van der Waals surface area contributed by atoms with Gasteiger partial charge in [0.15, 0.2) is 5.69 Å². The van der Waals surface area contributed by atoms with Crippen LogP contribution in [0, 0.1) is 11.3 Å². The summed E-state index contributed by atoms with van der Waals surface area (Å²) in [6.07, 6.45) is 2.56. The second-order valence-electron chi connectivity index (χ2n) is 4.14. The third kappa shape index (κ3) is 3.36. The van der Waals surface area contributed by atoms with Crippen LogP contribution in [-0.2, 0) is 4.74 Å². The largest absolute Gasteiger partial charge is 0.461 e. The van der Waals surface area contributed by atoms with Gasteiger partial charge in [0.05, 0.1) is 18.4 Å². The van der Waals surface area contributed by atoms with Crippen molar-refractivity contribution in [2.45, 2.75) is 12.8 Å². The number of nitriles is 1. The van der Waals surface area contributed by atoms with E-state index >= 15 is 0 Å². The number of nitrogens with two attached hydrogens (primary N) is 1. The van der Waals surface area contributed by atoms with Gasteiger partial charge in [-0.05, 0) is 30.7 Å².